The molecule has 15 nitrogen and oxygen atoms in total. The number of benzene rings is 1. The largest absolute Gasteiger partial charge is 0.484 e. The minimum atomic E-state index is -0.526. The van der Waals surface area contributed by atoms with E-state index in [0.29, 0.717) is 35.2 Å². The van der Waals surface area contributed by atoms with Gasteiger partial charge in [0.1, 0.15) is 11.8 Å². The number of pyridine rings is 2. The zero-order valence-corrected chi connectivity index (χ0v) is 27.1. The highest BCUT2D eigenvalue weighted by molar-refractivity contribution is 6.07. The molecule has 0 unspecified atom stereocenters. The molecule has 0 bridgehead atoms. The van der Waals surface area contributed by atoms with Gasteiger partial charge in [0, 0.05) is 63.1 Å². The maximum Gasteiger partial charge on any atom is 0.258 e. The SMILES string of the molecule is CN1C(=O)C[C@H](C(=O)NCCOCCNC(=O)COc2ccc3c(C(=O)NCC(=O)N4CCC[C@H]4C#N)ccnc3c2)[C@H]1c1cccnc1. The lowest BCUT2D eigenvalue weighted by molar-refractivity contribution is -0.130. The highest BCUT2D eigenvalue weighted by Gasteiger charge is 2.42. The summed E-state index contributed by atoms with van der Waals surface area (Å²) >= 11 is 0. The van der Waals surface area contributed by atoms with Crippen LogP contribution in [0.2, 0.25) is 0 Å². The Hall–Kier alpha value is -5.62. The van der Waals surface area contributed by atoms with Crippen molar-refractivity contribution in [1.29, 1.82) is 5.26 Å². The standard InChI is InChI=1S/C34H38N8O7/c1-41-30(44)17-27(32(41)22-4-2-9-36-19-22)34(47)39-12-15-48-14-11-38-29(43)21-49-24-6-7-25-26(8-10-37-28(25)16-24)33(46)40-20-31(45)42-13-3-5-23(42)18-35/h2,4,6-10,16,19,23,27,32H,3,5,11-15,17,20-21H2,1H3,(H,38,43)(H,39,47)(H,40,46)/t23-,27-,32+/m0/s1. The summed E-state index contributed by atoms with van der Waals surface area (Å²) in [4.78, 5) is 74.3. The summed E-state index contributed by atoms with van der Waals surface area (Å²) in [5, 5.41) is 17.9. The fourth-order valence-corrected chi connectivity index (χ4v) is 6.02. The molecule has 3 aromatic rings. The average Bonchev–Trinajstić information content (AvgIpc) is 3.72. The molecule has 2 aliphatic heterocycles. The van der Waals surface area contributed by atoms with E-state index in [1.807, 2.05) is 6.07 Å². The molecule has 1 aromatic carbocycles. The number of fused-ring (bicyclic) bond motifs is 1. The first-order chi connectivity index (χ1) is 23.8. The molecule has 0 saturated carbocycles. The van der Waals surface area contributed by atoms with Gasteiger partial charge in [-0.15, -0.1) is 0 Å². The molecule has 2 fully saturated rings. The molecule has 49 heavy (non-hydrogen) atoms. The second kappa shape index (κ2) is 16.5. The Morgan fingerprint density at radius 3 is 2.65 bits per heavy atom. The molecule has 3 N–H and O–H groups in total. The van der Waals surface area contributed by atoms with E-state index in [1.165, 1.54) is 11.1 Å². The van der Waals surface area contributed by atoms with Gasteiger partial charge in [-0.2, -0.15) is 5.26 Å². The third-order valence-electron chi connectivity index (χ3n) is 8.51. The third-order valence-corrected chi connectivity index (χ3v) is 8.51. The summed E-state index contributed by atoms with van der Waals surface area (Å²) in [5.74, 6) is -1.59. The maximum atomic E-state index is 12.9. The van der Waals surface area contributed by atoms with Crippen LogP contribution in [0.1, 0.15) is 41.2 Å². The minimum absolute atomic E-state index is 0.100. The monoisotopic (exact) mass is 670 g/mol. The van der Waals surface area contributed by atoms with Crippen molar-refractivity contribution in [3.8, 4) is 11.8 Å². The number of rotatable bonds is 14. The molecule has 4 heterocycles. The minimum Gasteiger partial charge on any atom is -0.484 e. The van der Waals surface area contributed by atoms with Crippen LogP contribution in [0, 0.1) is 17.2 Å². The van der Waals surface area contributed by atoms with Crippen molar-refractivity contribution in [2.45, 2.75) is 31.3 Å². The molecule has 2 aromatic heterocycles. The van der Waals surface area contributed by atoms with E-state index >= 15 is 0 Å². The topological polar surface area (TPSA) is 196 Å². The third kappa shape index (κ3) is 8.65. The number of nitrogens with zero attached hydrogens (tertiary/aromatic N) is 5. The van der Waals surface area contributed by atoms with Gasteiger partial charge in [0.15, 0.2) is 6.61 Å². The van der Waals surface area contributed by atoms with Crippen molar-refractivity contribution in [2.24, 2.45) is 5.92 Å². The number of hydrogen-bond donors (Lipinski definition) is 3. The normalized spacial score (nSPS) is 18.6. The number of nitriles is 1. The molecule has 2 saturated heterocycles. The molecule has 0 radical (unpaired) electrons. The lowest BCUT2D eigenvalue weighted by atomic mass is 9.94. The Labute approximate surface area is 282 Å². The van der Waals surface area contributed by atoms with E-state index in [-0.39, 0.29) is 75.5 Å². The van der Waals surface area contributed by atoms with Crippen molar-refractivity contribution >= 4 is 40.4 Å². The number of carbonyl (C=O) groups excluding carboxylic acids is 5. The van der Waals surface area contributed by atoms with Gasteiger partial charge in [-0.1, -0.05) is 6.07 Å². The van der Waals surface area contributed by atoms with Crippen molar-refractivity contribution in [3.63, 3.8) is 0 Å². The van der Waals surface area contributed by atoms with Crippen molar-refractivity contribution in [2.75, 3.05) is 53.0 Å². The molecule has 2 aliphatic rings. The van der Waals surface area contributed by atoms with Crippen LogP contribution in [-0.2, 0) is 23.9 Å². The summed E-state index contributed by atoms with van der Waals surface area (Å²) in [6, 6.07) is 11.4. The number of amides is 5. The maximum absolute atomic E-state index is 12.9. The van der Waals surface area contributed by atoms with Gasteiger partial charge in [0.05, 0.1) is 48.9 Å². The second-order valence-electron chi connectivity index (χ2n) is 11.7. The molecule has 0 aliphatic carbocycles. The highest BCUT2D eigenvalue weighted by Crippen LogP contribution is 2.36. The Bertz CT molecular complexity index is 1730. The molecule has 5 amide bonds. The Morgan fingerprint density at radius 2 is 1.88 bits per heavy atom. The van der Waals surface area contributed by atoms with Crippen molar-refractivity contribution in [3.05, 3.63) is 66.1 Å². The van der Waals surface area contributed by atoms with Crippen LogP contribution in [0.25, 0.3) is 10.9 Å². The zero-order valence-electron chi connectivity index (χ0n) is 27.1. The summed E-state index contributed by atoms with van der Waals surface area (Å²) in [5.41, 5.74) is 1.61. The molecular formula is C34H38N8O7. The number of hydrogen-bond acceptors (Lipinski definition) is 10. The van der Waals surface area contributed by atoms with E-state index in [0.717, 1.165) is 12.0 Å². The predicted octanol–water partition coefficient (Wildman–Crippen LogP) is 0.722. The summed E-state index contributed by atoms with van der Waals surface area (Å²) in [6.45, 7) is 0.967. The van der Waals surface area contributed by atoms with Gasteiger partial charge in [-0.05, 0) is 42.7 Å². The van der Waals surface area contributed by atoms with Gasteiger partial charge in [0.2, 0.25) is 17.7 Å². The molecule has 256 valence electrons. The van der Waals surface area contributed by atoms with Gasteiger partial charge in [-0.3, -0.25) is 33.9 Å². The van der Waals surface area contributed by atoms with E-state index in [2.05, 4.69) is 32.0 Å². The lowest BCUT2D eigenvalue weighted by Gasteiger charge is -2.24. The second-order valence-corrected chi connectivity index (χ2v) is 11.7. The molecule has 5 rings (SSSR count). The first-order valence-electron chi connectivity index (χ1n) is 16.0. The van der Waals surface area contributed by atoms with Gasteiger partial charge in [0.25, 0.3) is 11.8 Å². The fourth-order valence-electron chi connectivity index (χ4n) is 6.02. The lowest BCUT2D eigenvalue weighted by Crippen LogP contribution is -2.42. The van der Waals surface area contributed by atoms with Gasteiger partial charge >= 0.3 is 0 Å². The summed E-state index contributed by atoms with van der Waals surface area (Å²) < 4.78 is 11.1. The number of ether oxygens (including phenoxy) is 2. The van der Waals surface area contributed by atoms with Crippen LogP contribution < -0.4 is 20.7 Å². The van der Waals surface area contributed by atoms with Crippen LogP contribution >= 0.6 is 0 Å². The van der Waals surface area contributed by atoms with Crippen LogP contribution in [0.4, 0.5) is 0 Å². The first kappa shape index (κ1) is 34.7. The van der Waals surface area contributed by atoms with Crippen LogP contribution in [0.3, 0.4) is 0 Å². The number of carbonyl (C=O) groups is 5. The van der Waals surface area contributed by atoms with Gasteiger partial charge in [-0.25, -0.2) is 0 Å². The quantitative estimate of drug-likeness (QED) is 0.206. The van der Waals surface area contributed by atoms with Crippen LogP contribution in [0.5, 0.6) is 5.75 Å². The predicted molar refractivity (Wildman–Crippen MR) is 175 cm³/mol. The van der Waals surface area contributed by atoms with Crippen LogP contribution in [-0.4, -0.2) is 108 Å². The number of likely N-dealkylation sites (tertiary alicyclic amines) is 2. The number of aromatic nitrogens is 2. The van der Waals surface area contributed by atoms with Crippen molar-refractivity contribution < 1.29 is 33.4 Å². The first-order valence-corrected chi connectivity index (χ1v) is 16.0. The van der Waals surface area contributed by atoms with E-state index in [9.17, 15) is 29.2 Å². The highest BCUT2D eigenvalue weighted by atomic mass is 16.5. The van der Waals surface area contributed by atoms with Crippen LogP contribution in [0.15, 0.2) is 55.0 Å². The Balaban J connectivity index is 0.990. The number of nitrogens with one attached hydrogen (secondary N) is 3. The van der Waals surface area contributed by atoms with E-state index < -0.39 is 17.9 Å². The summed E-state index contributed by atoms with van der Waals surface area (Å²) in [6.07, 6.45) is 6.29. The zero-order chi connectivity index (χ0) is 34.8. The van der Waals surface area contributed by atoms with E-state index in [1.54, 1.807) is 54.7 Å². The summed E-state index contributed by atoms with van der Waals surface area (Å²) in [7, 11) is 1.68. The Kier molecular flexibility index (Phi) is 11.7. The van der Waals surface area contributed by atoms with E-state index in [4.69, 9.17) is 9.47 Å². The molecular weight excluding hydrogens is 632 g/mol. The fraction of sp³-hybridized carbons (Fsp3) is 0.412. The molecule has 0 spiro atoms. The smallest absolute Gasteiger partial charge is 0.258 e. The molecule has 3 atom stereocenters. The van der Waals surface area contributed by atoms with Crippen molar-refractivity contribution in [1.82, 2.24) is 35.7 Å². The molecule has 15 heteroatoms. The Morgan fingerprint density at radius 1 is 1.06 bits per heavy atom. The van der Waals surface area contributed by atoms with Gasteiger partial charge < -0.3 is 35.2 Å². The average molecular weight is 671 g/mol.